The lowest BCUT2D eigenvalue weighted by molar-refractivity contribution is 0.357. The van der Waals surface area contributed by atoms with E-state index in [1.807, 2.05) is 0 Å². The third kappa shape index (κ3) is 3.35. The quantitative estimate of drug-likeness (QED) is 0.826. The smallest absolute Gasteiger partial charge is 0.119 e. The van der Waals surface area contributed by atoms with Gasteiger partial charge >= 0.3 is 0 Å². The van der Waals surface area contributed by atoms with Crippen LogP contribution in [0.4, 0.5) is 0 Å². The number of rotatable bonds is 6. The van der Waals surface area contributed by atoms with E-state index >= 15 is 0 Å². The second kappa shape index (κ2) is 7.12. The van der Waals surface area contributed by atoms with Crippen LogP contribution in [0.25, 0.3) is 0 Å². The van der Waals surface area contributed by atoms with Gasteiger partial charge < -0.3 is 10.1 Å². The Labute approximate surface area is 123 Å². The maximum atomic E-state index is 5.33. The Hall–Kier alpha value is -1.02. The number of nitrogens with one attached hydrogen (secondary N) is 1. The first kappa shape index (κ1) is 15.4. The average molecular weight is 275 g/mol. The molecule has 2 heteroatoms. The lowest BCUT2D eigenvalue weighted by atomic mass is 9.88. The van der Waals surface area contributed by atoms with Crippen LogP contribution in [0.15, 0.2) is 18.2 Å². The highest BCUT2D eigenvalue weighted by atomic mass is 16.5. The summed E-state index contributed by atoms with van der Waals surface area (Å²) in [6, 6.07) is 7.01. The van der Waals surface area contributed by atoms with Gasteiger partial charge in [-0.3, -0.25) is 0 Å². The molecule has 0 heterocycles. The van der Waals surface area contributed by atoms with Crippen LogP contribution in [0.5, 0.6) is 5.75 Å². The standard InChI is InChI=1S/C18H29NO/c1-5-14-7-8-15(12-14)18(19-6-2)17-10-9-16(20-4)11-13(17)3/h9-11,14-15,18-19H,5-8,12H2,1-4H3. The Bertz CT molecular complexity index is 429. The van der Waals surface area contributed by atoms with E-state index in [4.69, 9.17) is 4.74 Å². The van der Waals surface area contributed by atoms with Gasteiger partial charge in [0.25, 0.3) is 0 Å². The molecule has 2 nitrogen and oxygen atoms in total. The number of methoxy groups -OCH3 is 1. The van der Waals surface area contributed by atoms with Gasteiger partial charge in [0.2, 0.25) is 0 Å². The Balaban J connectivity index is 2.20. The minimum Gasteiger partial charge on any atom is -0.497 e. The highest BCUT2D eigenvalue weighted by Crippen LogP contribution is 2.41. The molecular weight excluding hydrogens is 246 g/mol. The van der Waals surface area contributed by atoms with Gasteiger partial charge in [0.15, 0.2) is 0 Å². The number of aryl methyl sites for hydroxylation is 1. The van der Waals surface area contributed by atoms with Crippen molar-refractivity contribution in [3.63, 3.8) is 0 Å². The molecule has 3 atom stereocenters. The third-order valence-corrected chi connectivity index (χ3v) is 4.87. The summed E-state index contributed by atoms with van der Waals surface area (Å²) in [6.07, 6.45) is 5.47. The molecule has 1 aliphatic rings. The summed E-state index contributed by atoms with van der Waals surface area (Å²) in [5, 5.41) is 3.72. The fourth-order valence-electron chi connectivity index (χ4n) is 3.66. The third-order valence-electron chi connectivity index (χ3n) is 4.87. The molecule has 2 rings (SSSR count). The molecule has 1 aromatic rings. The molecule has 0 aliphatic heterocycles. The first-order chi connectivity index (χ1) is 9.69. The SMILES string of the molecule is CCNC(c1ccc(OC)cc1C)C1CCC(CC)C1. The van der Waals surface area contributed by atoms with Crippen LogP contribution in [0.3, 0.4) is 0 Å². The number of hydrogen-bond donors (Lipinski definition) is 1. The zero-order valence-electron chi connectivity index (χ0n) is 13.4. The van der Waals surface area contributed by atoms with Crippen molar-refractivity contribution in [1.82, 2.24) is 5.32 Å². The van der Waals surface area contributed by atoms with Crippen molar-refractivity contribution in [2.75, 3.05) is 13.7 Å². The maximum Gasteiger partial charge on any atom is 0.119 e. The second-order valence-corrected chi connectivity index (χ2v) is 6.11. The van der Waals surface area contributed by atoms with E-state index < -0.39 is 0 Å². The summed E-state index contributed by atoms with van der Waals surface area (Å²) in [5.41, 5.74) is 2.80. The first-order valence-electron chi connectivity index (χ1n) is 8.07. The van der Waals surface area contributed by atoms with Crippen molar-refractivity contribution < 1.29 is 4.74 Å². The summed E-state index contributed by atoms with van der Waals surface area (Å²) in [4.78, 5) is 0. The van der Waals surface area contributed by atoms with Gasteiger partial charge in [0.1, 0.15) is 5.75 Å². The summed E-state index contributed by atoms with van der Waals surface area (Å²) in [6.45, 7) is 7.77. The molecule has 112 valence electrons. The largest absolute Gasteiger partial charge is 0.497 e. The van der Waals surface area contributed by atoms with Crippen molar-refractivity contribution in [3.8, 4) is 5.75 Å². The molecule has 0 amide bonds. The van der Waals surface area contributed by atoms with Crippen molar-refractivity contribution in [2.24, 2.45) is 11.8 Å². The predicted molar refractivity (Wildman–Crippen MR) is 85.3 cm³/mol. The molecule has 0 aromatic heterocycles. The Morgan fingerprint density at radius 3 is 2.65 bits per heavy atom. The van der Waals surface area contributed by atoms with Crippen molar-refractivity contribution >= 4 is 0 Å². The van der Waals surface area contributed by atoms with Gasteiger partial charge in [-0.1, -0.05) is 32.8 Å². The normalized spacial score (nSPS) is 23.8. The average Bonchev–Trinajstić information content (AvgIpc) is 2.94. The Kier molecular flexibility index (Phi) is 5.47. The molecule has 1 saturated carbocycles. The van der Waals surface area contributed by atoms with Gasteiger partial charge in [-0.25, -0.2) is 0 Å². The van der Waals surface area contributed by atoms with Crippen LogP contribution < -0.4 is 10.1 Å². The van der Waals surface area contributed by atoms with Crippen molar-refractivity contribution in [2.45, 2.75) is 52.5 Å². The molecule has 0 saturated heterocycles. The molecule has 3 unspecified atom stereocenters. The van der Waals surface area contributed by atoms with Gasteiger partial charge in [-0.15, -0.1) is 0 Å². The van der Waals surface area contributed by atoms with Crippen LogP contribution in [0.1, 0.15) is 56.7 Å². The van der Waals surface area contributed by atoms with Crippen LogP contribution >= 0.6 is 0 Å². The lowest BCUT2D eigenvalue weighted by Crippen LogP contribution is -2.27. The molecule has 0 radical (unpaired) electrons. The number of hydrogen-bond acceptors (Lipinski definition) is 2. The van der Waals surface area contributed by atoms with E-state index in [0.717, 1.165) is 24.1 Å². The Morgan fingerprint density at radius 1 is 1.30 bits per heavy atom. The second-order valence-electron chi connectivity index (χ2n) is 6.11. The molecule has 0 spiro atoms. The highest BCUT2D eigenvalue weighted by molar-refractivity contribution is 5.37. The van der Waals surface area contributed by atoms with Gasteiger partial charge in [-0.2, -0.15) is 0 Å². The van der Waals surface area contributed by atoms with E-state index in [-0.39, 0.29) is 0 Å². The van der Waals surface area contributed by atoms with E-state index in [2.05, 4.69) is 44.3 Å². The fraction of sp³-hybridized carbons (Fsp3) is 0.667. The van der Waals surface area contributed by atoms with Crippen molar-refractivity contribution in [1.29, 1.82) is 0 Å². The maximum absolute atomic E-state index is 5.33. The van der Waals surface area contributed by atoms with E-state index in [1.54, 1.807) is 7.11 Å². The summed E-state index contributed by atoms with van der Waals surface area (Å²) in [5.74, 6) is 2.67. The summed E-state index contributed by atoms with van der Waals surface area (Å²) >= 11 is 0. The molecule has 20 heavy (non-hydrogen) atoms. The minimum atomic E-state index is 0.502. The number of ether oxygens (including phenoxy) is 1. The van der Waals surface area contributed by atoms with Crippen LogP contribution in [0, 0.1) is 18.8 Å². The van der Waals surface area contributed by atoms with Gasteiger partial charge in [0.05, 0.1) is 7.11 Å². The first-order valence-corrected chi connectivity index (χ1v) is 8.07. The minimum absolute atomic E-state index is 0.502. The zero-order valence-corrected chi connectivity index (χ0v) is 13.4. The van der Waals surface area contributed by atoms with Crippen LogP contribution in [-0.4, -0.2) is 13.7 Å². The molecular formula is C18H29NO. The van der Waals surface area contributed by atoms with Crippen LogP contribution in [-0.2, 0) is 0 Å². The van der Waals surface area contributed by atoms with E-state index in [0.29, 0.717) is 6.04 Å². The van der Waals surface area contributed by atoms with E-state index in [1.165, 1.54) is 36.8 Å². The fourth-order valence-corrected chi connectivity index (χ4v) is 3.66. The predicted octanol–water partition coefficient (Wildman–Crippen LogP) is 4.48. The van der Waals surface area contributed by atoms with Crippen LogP contribution in [0.2, 0.25) is 0 Å². The number of benzene rings is 1. The molecule has 1 aliphatic carbocycles. The van der Waals surface area contributed by atoms with E-state index in [9.17, 15) is 0 Å². The monoisotopic (exact) mass is 275 g/mol. The highest BCUT2D eigenvalue weighted by Gasteiger charge is 2.31. The topological polar surface area (TPSA) is 21.3 Å². The summed E-state index contributed by atoms with van der Waals surface area (Å²) < 4.78 is 5.33. The zero-order chi connectivity index (χ0) is 14.5. The lowest BCUT2D eigenvalue weighted by Gasteiger charge is -2.27. The molecule has 1 fully saturated rings. The van der Waals surface area contributed by atoms with Gasteiger partial charge in [-0.05, 0) is 61.4 Å². The molecule has 1 N–H and O–H groups in total. The molecule has 0 bridgehead atoms. The molecule has 1 aromatic carbocycles. The van der Waals surface area contributed by atoms with Gasteiger partial charge in [0, 0.05) is 6.04 Å². The summed E-state index contributed by atoms with van der Waals surface area (Å²) in [7, 11) is 1.74. The van der Waals surface area contributed by atoms with Crippen molar-refractivity contribution in [3.05, 3.63) is 29.3 Å². The Morgan fingerprint density at radius 2 is 2.10 bits per heavy atom.